The first-order valence-corrected chi connectivity index (χ1v) is 13.2. The predicted octanol–water partition coefficient (Wildman–Crippen LogP) is 6.42. The van der Waals surface area contributed by atoms with Crippen molar-refractivity contribution < 1.29 is 9.59 Å². The fourth-order valence-electron chi connectivity index (χ4n) is 5.99. The standard InChI is InChI=1S/C28H20ClN5O2S/c1-14-26(32-31-16-12-10-15(29)11-13-16)37-28(30-14)34-27(36)24-22-19-8-4-2-6-17(19)21(23(24)25(35)33-34)18-7-3-5-9-20(18)22/h2-13,21-24H,1H3,(H,33,35). The van der Waals surface area contributed by atoms with Crippen LogP contribution < -0.4 is 10.4 Å². The molecule has 2 unspecified atom stereocenters. The maximum atomic E-state index is 14.1. The number of hydrazine groups is 1. The first-order valence-electron chi connectivity index (χ1n) is 12.0. The quantitative estimate of drug-likeness (QED) is 0.313. The Bertz CT molecular complexity index is 1570. The molecular weight excluding hydrogens is 506 g/mol. The van der Waals surface area contributed by atoms with E-state index in [1.165, 1.54) is 16.3 Å². The number of hydrogen-bond donors (Lipinski definition) is 1. The van der Waals surface area contributed by atoms with Crippen LogP contribution in [0.25, 0.3) is 0 Å². The van der Waals surface area contributed by atoms with E-state index in [2.05, 4.69) is 44.9 Å². The van der Waals surface area contributed by atoms with Crippen molar-refractivity contribution in [1.29, 1.82) is 0 Å². The first-order chi connectivity index (χ1) is 18.0. The molecule has 7 nitrogen and oxygen atoms in total. The van der Waals surface area contributed by atoms with Crippen LogP contribution >= 0.6 is 22.9 Å². The normalized spacial score (nSPS) is 23.6. The molecule has 1 aromatic heterocycles. The topological polar surface area (TPSA) is 87.0 Å². The number of rotatable bonds is 3. The summed E-state index contributed by atoms with van der Waals surface area (Å²) in [4.78, 5) is 32.2. The number of nitrogens with one attached hydrogen (secondary N) is 1. The summed E-state index contributed by atoms with van der Waals surface area (Å²) in [6.45, 7) is 1.81. The van der Waals surface area contributed by atoms with Gasteiger partial charge in [-0.1, -0.05) is 71.5 Å². The predicted molar refractivity (Wildman–Crippen MR) is 142 cm³/mol. The maximum Gasteiger partial charge on any atom is 0.252 e. The molecule has 3 aromatic carbocycles. The number of carbonyl (C=O) groups excluding carboxylic acids is 2. The summed E-state index contributed by atoms with van der Waals surface area (Å²) in [5.74, 6) is -1.64. The first kappa shape index (κ1) is 22.3. The number of amides is 2. The molecule has 182 valence electrons. The van der Waals surface area contributed by atoms with Gasteiger partial charge in [0.05, 0.1) is 23.2 Å². The number of thiazole rings is 1. The van der Waals surface area contributed by atoms with Crippen LogP contribution in [0.15, 0.2) is 83.0 Å². The third kappa shape index (κ3) is 3.36. The second-order valence-electron chi connectivity index (χ2n) is 9.48. The number of benzene rings is 3. The van der Waals surface area contributed by atoms with Gasteiger partial charge in [0.15, 0.2) is 5.00 Å². The highest BCUT2D eigenvalue weighted by Gasteiger charge is 2.58. The van der Waals surface area contributed by atoms with E-state index in [9.17, 15) is 9.59 Å². The fraction of sp³-hybridized carbons (Fsp3) is 0.179. The Hall–Kier alpha value is -3.88. The Morgan fingerprint density at radius 1 is 0.838 bits per heavy atom. The highest BCUT2D eigenvalue weighted by Crippen LogP contribution is 2.59. The van der Waals surface area contributed by atoms with Crippen molar-refractivity contribution in [3.8, 4) is 0 Å². The van der Waals surface area contributed by atoms with Crippen molar-refractivity contribution in [3.63, 3.8) is 0 Å². The number of carbonyl (C=O) groups is 2. The van der Waals surface area contributed by atoms with E-state index in [0.717, 1.165) is 22.3 Å². The molecule has 0 radical (unpaired) electrons. The minimum Gasteiger partial charge on any atom is -0.273 e. The van der Waals surface area contributed by atoms with Gasteiger partial charge in [-0.2, -0.15) is 5.01 Å². The van der Waals surface area contributed by atoms with Crippen LogP contribution in [0.2, 0.25) is 5.02 Å². The van der Waals surface area contributed by atoms with Gasteiger partial charge in [0.25, 0.3) is 5.91 Å². The zero-order valence-electron chi connectivity index (χ0n) is 19.6. The smallest absolute Gasteiger partial charge is 0.252 e. The molecule has 2 bridgehead atoms. The van der Waals surface area contributed by atoms with Crippen LogP contribution in [-0.4, -0.2) is 16.8 Å². The molecule has 1 aliphatic heterocycles. The van der Waals surface area contributed by atoms with Gasteiger partial charge >= 0.3 is 0 Å². The number of nitrogens with zero attached hydrogens (tertiary/aromatic N) is 4. The molecule has 3 aliphatic carbocycles. The number of aryl methyl sites for hydroxylation is 1. The van der Waals surface area contributed by atoms with Gasteiger partial charge in [0.2, 0.25) is 11.0 Å². The van der Waals surface area contributed by atoms with Crippen LogP contribution in [0.4, 0.5) is 15.8 Å². The molecule has 4 aliphatic rings. The lowest BCUT2D eigenvalue weighted by Gasteiger charge is -2.52. The van der Waals surface area contributed by atoms with Gasteiger partial charge in [-0.25, -0.2) is 4.98 Å². The zero-order valence-corrected chi connectivity index (χ0v) is 21.2. The lowest BCUT2D eigenvalue weighted by molar-refractivity contribution is -0.142. The minimum atomic E-state index is -0.508. The van der Waals surface area contributed by atoms with E-state index >= 15 is 0 Å². The largest absolute Gasteiger partial charge is 0.273 e. The number of hydrogen-bond acceptors (Lipinski definition) is 6. The average molecular weight is 526 g/mol. The van der Waals surface area contributed by atoms with Crippen molar-refractivity contribution in [2.75, 3.05) is 5.01 Å². The molecule has 1 saturated heterocycles. The summed E-state index contributed by atoms with van der Waals surface area (Å²) >= 11 is 7.16. The lowest BCUT2D eigenvalue weighted by Crippen LogP contribution is -2.64. The SMILES string of the molecule is Cc1nc(N2NC(=O)C3C4c5ccccc5C(c5ccccc54)C3C2=O)sc1N=Nc1ccc(Cl)cc1. The summed E-state index contributed by atoms with van der Waals surface area (Å²) in [6.07, 6.45) is 0. The Kier molecular flexibility index (Phi) is 5.02. The van der Waals surface area contributed by atoms with Crippen molar-refractivity contribution in [1.82, 2.24) is 10.4 Å². The lowest BCUT2D eigenvalue weighted by atomic mass is 9.53. The van der Waals surface area contributed by atoms with E-state index in [1.54, 1.807) is 24.3 Å². The Labute approximate surface area is 221 Å². The van der Waals surface area contributed by atoms with E-state index in [-0.39, 0.29) is 23.7 Å². The molecule has 2 heterocycles. The van der Waals surface area contributed by atoms with Gasteiger partial charge in [-0.15, -0.1) is 10.2 Å². The number of aromatic nitrogens is 1. The Morgan fingerprint density at radius 3 is 2.00 bits per heavy atom. The van der Waals surface area contributed by atoms with E-state index in [4.69, 9.17) is 11.6 Å². The molecule has 2 amide bonds. The second-order valence-corrected chi connectivity index (χ2v) is 10.9. The highest BCUT2D eigenvalue weighted by atomic mass is 35.5. The van der Waals surface area contributed by atoms with Crippen molar-refractivity contribution in [3.05, 3.63) is 106 Å². The third-order valence-electron chi connectivity index (χ3n) is 7.50. The molecule has 9 heteroatoms. The van der Waals surface area contributed by atoms with Crippen LogP contribution in [0.5, 0.6) is 0 Å². The van der Waals surface area contributed by atoms with Gasteiger partial charge in [0.1, 0.15) is 0 Å². The number of azo groups is 1. The van der Waals surface area contributed by atoms with Crippen LogP contribution in [-0.2, 0) is 9.59 Å². The zero-order chi connectivity index (χ0) is 25.3. The molecule has 8 rings (SSSR count). The fourth-order valence-corrected chi connectivity index (χ4v) is 6.98. The number of anilines is 1. The monoisotopic (exact) mass is 525 g/mol. The summed E-state index contributed by atoms with van der Waals surface area (Å²) in [6, 6.07) is 23.4. The van der Waals surface area contributed by atoms with Gasteiger partial charge in [0, 0.05) is 16.9 Å². The minimum absolute atomic E-state index is 0.154. The molecule has 0 spiro atoms. The highest BCUT2D eigenvalue weighted by molar-refractivity contribution is 7.19. The summed E-state index contributed by atoms with van der Waals surface area (Å²) in [7, 11) is 0. The Morgan fingerprint density at radius 2 is 1.41 bits per heavy atom. The molecule has 0 saturated carbocycles. The van der Waals surface area contributed by atoms with Gasteiger partial charge < -0.3 is 0 Å². The molecule has 1 fully saturated rings. The van der Waals surface area contributed by atoms with E-state index < -0.39 is 11.8 Å². The van der Waals surface area contributed by atoms with E-state index in [0.29, 0.717) is 26.5 Å². The summed E-state index contributed by atoms with van der Waals surface area (Å²) in [5.41, 5.74) is 8.67. The summed E-state index contributed by atoms with van der Waals surface area (Å²) < 4.78 is 0. The van der Waals surface area contributed by atoms with Crippen LogP contribution in [0.1, 0.15) is 39.8 Å². The molecular formula is C28H20ClN5O2S. The van der Waals surface area contributed by atoms with Crippen molar-refractivity contribution in [2.45, 2.75) is 18.8 Å². The molecule has 1 N–H and O–H groups in total. The molecule has 37 heavy (non-hydrogen) atoms. The van der Waals surface area contributed by atoms with Gasteiger partial charge in [-0.05, 0) is 53.4 Å². The van der Waals surface area contributed by atoms with E-state index in [1.807, 2.05) is 31.2 Å². The van der Waals surface area contributed by atoms with Crippen LogP contribution in [0.3, 0.4) is 0 Å². The van der Waals surface area contributed by atoms with Crippen LogP contribution in [0, 0.1) is 18.8 Å². The average Bonchev–Trinajstić information content (AvgIpc) is 3.30. The third-order valence-corrected chi connectivity index (χ3v) is 8.78. The Balaban J connectivity index is 1.26. The van der Waals surface area contributed by atoms with Crippen molar-refractivity contribution in [2.24, 2.45) is 22.1 Å². The number of halogens is 1. The maximum absolute atomic E-state index is 14.1. The molecule has 2 atom stereocenters. The van der Waals surface area contributed by atoms with Crippen molar-refractivity contribution >= 4 is 50.6 Å². The van der Waals surface area contributed by atoms with Gasteiger partial charge in [-0.3, -0.25) is 15.0 Å². The summed E-state index contributed by atoms with van der Waals surface area (Å²) in [5, 5.41) is 11.5. The second kappa shape index (κ2) is 8.33. The molecule has 4 aromatic rings.